The molecule has 2 N–H and O–H groups in total. The summed E-state index contributed by atoms with van der Waals surface area (Å²) in [6.07, 6.45) is 0.418. The topological polar surface area (TPSA) is 43.8 Å². The van der Waals surface area contributed by atoms with Gasteiger partial charge in [0.25, 0.3) is 6.43 Å². The molecular weight excluding hydrogens is 176 g/mol. The lowest BCUT2D eigenvalue weighted by Gasteiger charge is -1.98. The van der Waals surface area contributed by atoms with Gasteiger partial charge in [-0.05, 0) is 24.9 Å². The summed E-state index contributed by atoms with van der Waals surface area (Å²) in [5.74, 6) is 0. The van der Waals surface area contributed by atoms with Crippen molar-refractivity contribution in [1.82, 2.24) is 9.78 Å². The Bertz CT molecular complexity index is 270. The van der Waals surface area contributed by atoms with Gasteiger partial charge in [0.2, 0.25) is 0 Å². The zero-order chi connectivity index (χ0) is 9.84. The van der Waals surface area contributed by atoms with E-state index in [2.05, 4.69) is 5.10 Å². The van der Waals surface area contributed by atoms with Crippen molar-refractivity contribution in [1.29, 1.82) is 0 Å². The normalized spacial score (nSPS) is 11.2. The van der Waals surface area contributed by atoms with Crippen LogP contribution in [0.2, 0.25) is 0 Å². The minimum absolute atomic E-state index is 0.115. The van der Waals surface area contributed by atoms with Crippen molar-refractivity contribution in [2.45, 2.75) is 19.3 Å². The maximum absolute atomic E-state index is 12.4. The molecule has 0 aromatic carbocycles. The van der Waals surface area contributed by atoms with E-state index in [0.717, 1.165) is 0 Å². The van der Waals surface area contributed by atoms with Gasteiger partial charge in [-0.1, -0.05) is 0 Å². The Hall–Kier alpha value is -0.970. The number of aromatic nitrogens is 2. The molecule has 3 nitrogen and oxygen atoms in total. The highest BCUT2D eigenvalue weighted by Crippen LogP contribution is 2.21. The van der Waals surface area contributed by atoms with Crippen molar-refractivity contribution in [3.8, 4) is 0 Å². The van der Waals surface area contributed by atoms with Gasteiger partial charge in [-0.3, -0.25) is 4.68 Å². The smallest absolute Gasteiger partial charge is 0.282 e. The zero-order valence-electron chi connectivity index (χ0n) is 7.50. The molecule has 13 heavy (non-hydrogen) atoms. The van der Waals surface area contributed by atoms with E-state index in [9.17, 15) is 8.78 Å². The fourth-order valence-corrected chi connectivity index (χ4v) is 1.22. The number of hydrogen-bond acceptors (Lipinski definition) is 2. The van der Waals surface area contributed by atoms with Crippen LogP contribution in [0.4, 0.5) is 8.78 Å². The van der Waals surface area contributed by atoms with Crippen molar-refractivity contribution >= 4 is 0 Å². The van der Waals surface area contributed by atoms with Crippen LogP contribution in [0.15, 0.2) is 6.20 Å². The number of nitrogens with two attached hydrogens (primary N) is 1. The van der Waals surface area contributed by atoms with Crippen LogP contribution < -0.4 is 5.73 Å². The number of nitrogens with zero attached hydrogens (tertiary/aromatic N) is 2. The first-order chi connectivity index (χ1) is 6.15. The molecule has 5 heteroatoms. The van der Waals surface area contributed by atoms with E-state index in [1.165, 1.54) is 4.68 Å². The molecule has 0 saturated heterocycles. The third kappa shape index (κ3) is 2.48. The van der Waals surface area contributed by atoms with Crippen LogP contribution in [0.1, 0.15) is 24.1 Å². The molecule has 0 amide bonds. The van der Waals surface area contributed by atoms with E-state index in [4.69, 9.17) is 5.73 Å². The van der Waals surface area contributed by atoms with Crippen molar-refractivity contribution in [2.75, 3.05) is 6.54 Å². The molecule has 0 bridgehead atoms. The molecule has 0 saturated carbocycles. The summed E-state index contributed by atoms with van der Waals surface area (Å²) < 4.78 is 26.1. The second-order valence-corrected chi connectivity index (χ2v) is 2.91. The Morgan fingerprint density at radius 1 is 1.62 bits per heavy atom. The van der Waals surface area contributed by atoms with Crippen LogP contribution in [-0.4, -0.2) is 16.3 Å². The average molecular weight is 189 g/mol. The first-order valence-corrected chi connectivity index (χ1v) is 4.15. The van der Waals surface area contributed by atoms with E-state index in [1.54, 1.807) is 13.2 Å². The Morgan fingerprint density at radius 2 is 2.31 bits per heavy atom. The predicted molar refractivity (Wildman–Crippen MR) is 45.5 cm³/mol. The molecule has 1 aromatic heterocycles. The second kappa shape index (κ2) is 4.32. The molecule has 74 valence electrons. The summed E-state index contributed by atoms with van der Waals surface area (Å²) in [6, 6.07) is 0. The summed E-state index contributed by atoms with van der Waals surface area (Å²) in [5, 5.41) is 3.69. The van der Waals surface area contributed by atoms with Crippen LogP contribution in [-0.2, 0) is 13.5 Å². The van der Waals surface area contributed by atoms with E-state index in [0.29, 0.717) is 24.9 Å². The Morgan fingerprint density at radius 3 is 2.85 bits per heavy atom. The fourth-order valence-electron chi connectivity index (χ4n) is 1.22. The highest BCUT2D eigenvalue weighted by molar-refractivity contribution is 5.18. The van der Waals surface area contributed by atoms with Gasteiger partial charge in [-0.25, -0.2) is 8.78 Å². The zero-order valence-corrected chi connectivity index (χ0v) is 7.50. The van der Waals surface area contributed by atoms with E-state index in [-0.39, 0.29) is 5.69 Å². The maximum atomic E-state index is 12.4. The summed E-state index contributed by atoms with van der Waals surface area (Å²) in [6.45, 7) is 0.511. The summed E-state index contributed by atoms with van der Waals surface area (Å²) in [5.41, 5.74) is 5.78. The lowest BCUT2D eigenvalue weighted by Crippen LogP contribution is -2.01. The molecule has 0 aliphatic rings. The van der Waals surface area contributed by atoms with E-state index in [1.807, 2.05) is 0 Å². The highest BCUT2D eigenvalue weighted by atomic mass is 19.3. The first-order valence-electron chi connectivity index (χ1n) is 4.15. The molecule has 0 unspecified atom stereocenters. The van der Waals surface area contributed by atoms with E-state index < -0.39 is 6.43 Å². The fraction of sp³-hybridized carbons (Fsp3) is 0.625. The molecular formula is C8H13F2N3. The Labute approximate surface area is 75.5 Å². The molecule has 0 spiro atoms. The van der Waals surface area contributed by atoms with Gasteiger partial charge in [-0.2, -0.15) is 5.10 Å². The summed E-state index contributed by atoms with van der Waals surface area (Å²) in [4.78, 5) is 0. The average Bonchev–Trinajstić information content (AvgIpc) is 2.43. The van der Waals surface area contributed by atoms with Crippen molar-refractivity contribution in [3.05, 3.63) is 17.5 Å². The SMILES string of the molecule is Cn1cc(CCCN)c(C(F)F)n1. The van der Waals surface area contributed by atoms with Gasteiger partial charge in [0.05, 0.1) is 0 Å². The number of alkyl halides is 2. The Kier molecular flexibility index (Phi) is 3.36. The van der Waals surface area contributed by atoms with Gasteiger partial charge in [0, 0.05) is 13.2 Å². The number of halogens is 2. The van der Waals surface area contributed by atoms with E-state index >= 15 is 0 Å². The largest absolute Gasteiger partial charge is 0.330 e. The molecule has 0 radical (unpaired) electrons. The molecule has 0 aliphatic carbocycles. The van der Waals surface area contributed by atoms with Crippen LogP contribution in [0.5, 0.6) is 0 Å². The van der Waals surface area contributed by atoms with Gasteiger partial charge in [0.15, 0.2) is 0 Å². The highest BCUT2D eigenvalue weighted by Gasteiger charge is 2.16. The third-order valence-electron chi connectivity index (χ3n) is 1.79. The standard InChI is InChI=1S/C8H13F2N3/c1-13-5-6(3-2-4-11)7(12-13)8(9)10/h5,8H,2-4,11H2,1H3. The van der Waals surface area contributed by atoms with Gasteiger partial charge in [-0.15, -0.1) is 0 Å². The van der Waals surface area contributed by atoms with Crippen LogP contribution in [0.25, 0.3) is 0 Å². The van der Waals surface area contributed by atoms with Crippen molar-refractivity contribution in [3.63, 3.8) is 0 Å². The number of rotatable bonds is 4. The first kappa shape index (κ1) is 10.1. The molecule has 1 aromatic rings. The Balaban J connectivity index is 2.78. The van der Waals surface area contributed by atoms with Crippen LogP contribution in [0, 0.1) is 0 Å². The lowest BCUT2D eigenvalue weighted by molar-refractivity contribution is 0.144. The molecule has 1 rings (SSSR count). The summed E-state index contributed by atoms with van der Waals surface area (Å²) in [7, 11) is 1.64. The van der Waals surface area contributed by atoms with Gasteiger partial charge in [0.1, 0.15) is 5.69 Å². The molecule has 0 fully saturated rings. The molecule has 0 atom stereocenters. The minimum Gasteiger partial charge on any atom is -0.330 e. The van der Waals surface area contributed by atoms with Crippen LogP contribution >= 0.6 is 0 Å². The molecule has 0 aliphatic heterocycles. The second-order valence-electron chi connectivity index (χ2n) is 2.91. The number of aryl methyl sites for hydroxylation is 2. The maximum Gasteiger partial charge on any atom is 0.282 e. The quantitative estimate of drug-likeness (QED) is 0.774. The molecule has 1 heterocycles. The lowest BCUT2D eigenvalue weighted by atomic mass is 10.1. The monoisotopic (exact) mass is 189 g/mol. The third-order valence-corrected chi connectivity index (χ3v) is 1.79. The summed E-state index contributed by atoms with van der Waals surface area (Å²) >= 11 is 0. The van der Waals surface area contributed by atoms with Gasteiger partial charge >= 0.3 is 0 Å². The van der Waals surface area contributed by atoms with Crippen molar-refractivity contribution < 1.29 is 8.78 Å². The minimum atomic E-state index is -2.49. The van der Waals surface area contributed by atoms with Crippen LogP contribution in [0.3, 0.4) is 0 Å². The van der Waals surface area contributed by atoms with Gasteiger partial charge < -0.3 is 5.73 Å². The number of hydrogen-bond donors (Lipinski definition) is 1. The van der Waals surface area contributed by atoms with Crippen molar-refractivity contribution in [2.24, 2.45) is 12.8 Å². The predicted octanol–water partition coefficient (Wildman–Crippen LogP) is 1.25.